The van der Waals surface area contributed by atoms with Crippen molar-refractivity contribution in [2.24, 2.45) is 0 Å². The maximum absolute atomic E-state index is 5.69. The van der Waals surface area contributed by atoms with Crippen LogP contribution < -0.4 is 0 Å². The number of aryl methyl sites for hydroxylation is 1. The molecule has 0 fully saturated rings. The molecule has 0 saturated carbocycles. The minimum absolute atomic E-state index is 0.904. The van der Waals surface area contributed by atoms with Gasteiger partial charge in [-0.05, 0) is 97.5 Å². The van der Waals surface area contributed by atoms with Gasteiger partial charge in [-0.25, -0.2) is 0 Å². The summed E-state index contributed by atoms with van der Waals surface area (Å²) in [6, 6.07) is 38.8. The lowest BCUT2D eigenvalue weighted by molar-refractivity contribution is 0.888. The van der Waals surface area contributed by atoms with Crippen molar-refractivity contribution in [3.8, 4) is 18.0 Å². The summed E-state index contributed by atoms with van der Waals surface area (Å²) in [5, 5.41) is 3.71. The minimum Gasteiger partial charge on any atom is -0.312 e. The molecule has 0 spiro atoms. The summed E-state index contributed by atoms with van der Waals surface area (Å²) in [6.45, 7) is 14.7. The Morgan fingerprint density at radius 1 is 0.837 bits per heavy atom. The number of aromatic nitrogens is 1. The fourth-order valence-electron chi connectivity index (χ4n) is 6.77. The van der Waals surface area contributed by atoms with E-state index in [4.69, 9.17) is 6.42 Å². The van der Waals surface area contributed by atoms with Crippen LogP contribution in [0.5, 0.6) is 0 Å². The Hall–Kier alpha value is -5.58. The van der Waals surface area contributed by atoms with Gasteiger partial charge < -0.3 is 4.57 Å². The molecule has 0 amide bonds. The first-order valence-corrected chi connectivity index (χ1v) is 17.4. The van der Waals surface area contributed by atoms with Gasteiger partial charge in [0.2, 0.25) is 0 Å². The molecule has 0 atom stereocenters. The molecule has 0 bridgehead atoms. The summed E-state index contributed by atoms with van der Waals surface area (Å²) in [5.74, 6) is 2.71. The van der Waals surface area contributed by atoms with E-state index in [2.05, 4.69) is 147 Å². The normalized spacial score (nSPS) is 11.6. The van der Waals surface area contributed by atoms with Crippen LogP contribution in [0, 0.1) is 19.3 Å². The third kappa shape index (κ3) is 7.45. The standard InChI is InChI=1S/C39H33N.C7H8.C2H6/c1-5-7-20-32(27(3)4)37-31(6-2)33-21-11-12-22-34(33)39-38(37)35-23-13-14-24-36(35)40(39)30-19-15-18-29(26-30)25-28-16-9-8-10-17-28;1-7-5-3-2-4-6-7;1-2/h1,6-13,15-23,26H,2,14,24-25H2,3-4H3;2-6H,1H3;1-2H3/b20-7-;;. The second kappa shape index (κ2) is 16.5. The minimum atomic E-state index is 0.904. The fourth-order valence-corrected chi connectivity index (χ4v) is 6.77. The van der Waals surface area contributed by atoms with E-state index in [1.807, 2.05) is 44.2 Å². The van der Waals surface area contributed by atoms with Crippen LogP contribution in [-0.2, 0) is 12.8 Å². The van der Waals surface area contributed by atoms with Crippen LogP contribution in [0.25, 0.3) is 45.1 Å². The summed E-state index contributed by atoms with van der Waals surface area (Å²) in [6.07, 6.45) is 19.2. The van der Waals surface area contributed by atoms with Gasteiger partial charge in [-0.15, -0.1) is 6.42 Å². The lowest BCUT2D eigenvalue weighted by Gasteiger charge is -2.18. The van der Waals surface area contributed by atoms with Crippen LogP contribution in [0.4, 0.5) is 0 Å². The van der Waals surface area contributed by atoms with Crippen molar-refractivity contribution in [2.45, 2.75) is 53.9 Å². The Kier molecular flexibility index (Phi) is 11.7. The van der Waals surface area contributed by atoms with E-state index in [0.717, 1.165) is 30.4 Å². The second-order valence-corrected chi connectivity index (χ2v) is 12.3. The van der Waals surface area contributed by atoms with E-state index < -0.39 is 0 Å². The first-order valence-electron chi connectivity index (χ1n) is 17.4. The molecule has 0 saturated heterocycles. The molecule has 7 rings (SSSR count). The lowest BCUT2D eigenvalue weighted by Crippen LogP contribution is -2.04. The fraction of sp³-hybridized carbons (Fsp3) is 0.167. The Balaban J connectivity index is 0.000000458. The molecule has 0 aliphatic heterocycles. The molecule has 0 N–H and O–H groups in total. The van der Waals surface area contributed by atoms with Gasteiger partial charge in [0.1, 0.15) is 0 Å². The van der Waals surface area contributed by atoms with Gasteiger partial charge in [0.25, 0.3) is 0 Å². The van der Waals surface area contributed by atoms with Crippen LogP contribution >= 0.6 is 0 Å². The number of hydrogen-bond acceptors (Lipinski definition) is 0. The van der Waals surface area contributed by atoms with Crippen LogP contribution in [0.3, 0.4) is 0 Å². The number of nitrogens with zero attached hydrogens (tertiary/aromatic N) is 1. The number of allylic oxidation sites excluding steroid dienone is 5. The van der Waals surface area contributed by atoms with E-state index in [9.17, 15) is 0 Å². The average molecular weight is 638 g/mol. The largest absolute Gasteiger partial charge is 0.312 e. The summed E-state index contributed by atoms with van der Waals surface area (Å²) in [5.41, 5.74) is 13.8. The summed E-state index contributed by atoms with van der Waals surface area (Å²) in [7, 11) is 0. The van der Waals surface area contributed by atoms with Gasteiger partial charge in [0.05, 0.1) is 5.52 Å². The molecule has 1 nitrogen and oxygen atoms in total. The van der Waals surface area contributed by atoms with Gasteiger partial charge in [-0.2, -0.15) is 0 Å². The van der Waals surface area contributed by atoms with Crippen LogP contribution in [0.15, 0.2) is 140 Å². The third-order valence-corrected chi connectivity index (χ3v) is 8.85. The number of benzene rings is 5. The molecule has 1 heterocycles. The molecular formula is C48H47N. The molecule has 244 valence electrons. The second-order valence-electron chi connectivity index (χ2n) is 12.3. The van der Waals surface area contributed by atoms with Crippen LogP contribution in [0.1, 0.15) is 73.2 Å². The van der Waals surface area contributed by atoms with Crippen LogP contribution in [-0.4, -0.2) is 4.57 Å². The molecule has 0 radical (unpaired) electrons. The van der Waals surface area contributed by atoms with Crippen molar-refractivity contribution in [3.63, 3.8) is 0 Å². The predicted octanol–water partition coefficient (Wildman–Crippen LogP) is 13.0. The zero-order chi connectivity index (χ0) is 34.8. The van der Waals surface area contributed by atoms with E-state index >= 15 is 0 Å². The zero-order valence-electron chi connectivity index (χ0n) is 29.6. The molecule has 6 aromatic rings. The topological polar surface area (TPSA) is 4.93 Å². The first-order chi connectivity index (χ1) is 24.0. The Labute approximate surface area is 293 Å². The summed E-state index contributed by atoms with van der Waals surface area (Å²) < 4.78 is 2.52. The summed E-state index contributed by atoms with van der Waals surface area (Å²) >= 11 is 0. The van der Waals surface area contributed by atoms with Gasteiger partial charge in [0.15, 0.2) is 0 Å². The molecule has 49 heavy (non-hydrogen) atoms. The highest BCUT2D eigenvalue weighted by molar-refractivity contribution is 6.19. The van der Waals surface area contributed by atoms with Crippen molar-refractivity contribution in [1.82, 2.24) is 4.57 Å². The van der Waals surface area contributed by atoms with Gasteiger partial charge in [-0.1, -0.05) is 153 Å². The molecule has 1 aromatic heterocycles. The van der Waals surface area contributed by atoms with Crippen molar-refractivity contribution in [3.05, 3.63) is 179 Å². The monoisotopic (exact) mass is 637 g/mol. The molecule has 1 aliphatic carbocycles. The van der Waals surface area contributed by atoms with Crippen molar-refractivity contribution >= 4 is 39.4 Å². The molecular weight excluding hydrogens is 591 g/mol. The quantitative estimate of drug-likeness (QED) is 0.126. The van der Waals surface area contributed by atoms with E-state index in [-0.39, 0.29) is 0 Å². The van der Waals surface area contributed by atoms with Crippen molar-refractivity contribution < 1.29 is 0 Å². The highest BCUT2D eigenvalue weighted by Gasteiger charge is 2.26. The highest BCUT2D eigenvalue weighted by atomic mass is 15.0. The van der Waals surface area contributed by atoms with E-state index in [1.54, 1.807) is 0 Å². The van der Waals surface area contributed by atoms with E-state index in [0.29, 0.717) is 0 Å². The number of hydrogen-bond donors (Lipinski definition) is 0. The molecule has 5 aromatic carbocycles. The van der Waals surface area contributed by atoms with Crippen molar-refractivity contribution in [1.29, 1.82) is 0 Å². The predicted molar refractivity (Wildman–Crippen MR) is 216 cm³/mol. The average Bonchev–Trinajstić information content (AvgIpc) is 3.49. The van der Waals surface area contributed by atoms with Crippen LogP contribution in [0.2, 0.25) is 0 Å². The lowest BCUT2D eigenvalue weighted by atomic mass is 9.86. The number of fused-ring (bicyclic) bond motifs is 5. The number of rotatable bonds is 6. The molecule has 0 unspecified atom stereocenters. The highest BCUT2D eigenvalue weighted by Crippen LogP contribution is 2.45. The Bertz CT molecular complexity index is 2190. The van der Waals surface area contributed by atoms with Gasteiger partial charge >= 0.3 is 0 Å². The summed E-state index contributed by atoms with van der Waals surface area (Å²) in [4.78, 5) is 0. The zero-order valence-corrected chi connectivity index (χ0v) is 29.6. The maximum atomic E-state index is 5.69. The smallest absolute Gasteiger partial charge is 0.0622 e. The third-order valence-electron chi connectivity index (χ3n) is 8.85. The molecule has 1 heteroatoms. The van der Waals surface area contributed by atoms with Crippen molar-refractivity contribution in [2.75, 3.05) is 0 Å². The van der Waals surface area contributed by atoms with E-state index in [1.165, 1.54) is 66.4 Å². The SMILES string of the molecule is C#C/C=C\C(=C(C)C)c1c(C=C)c2ccccc2c2c1c1c(n2-c2cccc(Cc3ccccc3)c2)CCC=C1.CC.Cc1ccccc1. The molecule has 1 aliphatic rings. The Morgan fingerprint density at radius 2 is 1.49 bits per heavy atom. The first kappa shape index (κ1) is 34.7. The Morgan fingerprint density at radius 3 is 2.12 bits per heavy atom. The maximum Gasteiger partial charge on any atom is 0.0622 e. The van der Waals surface area contributed by atoms with Gasteiger partial charge in [-0.3, -0.25) is 0 Å². The van der Waals surface area contributed by atoms with Gasteiger partial charge in [0, 0.05) is 27.7 Å². The number of terminal acetylenes is 1.